The number of aliphatic carboxylic acids is 1. The third kappa shape index (κ3) is 0.948. The van der Waals surface area contributed by atoms with Crippen LogP contribution in [0.15, 0.2) is 0 Å². The van der Waals surface area contributed by atoms with Gasteiger partial charge in [0, 0.05) is 6.04 Å². The van der Waals surface area contributed by atoms with Crippen LogP contribution in [0.2, 0.25) is 0 Å². The van der Waals surface area contributed by atoms with Gasteiger partial charge in [0.05, 0.1) is 5.92 Å². The molecule has 2 aliphatic carbocycles. The number of rotatable bonds is 1. The molecule has 0 aliphatic heterocycles. The van der Waals surface area contributed by atoms with E-state index in [4.69, 9.17) is 10.8 Å². The normalized spacial score (nSPS) is 48.1. The molecule has 3 heteroatoms. The molecule has 0 aromatic heterocycles. The largest absolute Gasteiger partial charge is 0.481 e. The fraction of sp³-hybridized carbons (Fsp3) is 0.875. The molecule has 2 aliphatic rings. The Bertz CT molecular complexity index is 193. The Hall–Kier alpha value is -0.570. The number of carboxylic acids is 1. The Kier molecular flexibility index (Phi) is 1.42. The highest BCUT2D eigenvalue weighted by Crippen LogP contribution is 2.47. The zero-order valence-corrected chi connectivity index (χ0v) is 6.36. The van der Waals surface area contributed by atoms with Gasteiger partial charge in [-0.2, -0.15) is 0 Å². The first-order chi connectivity index (χ1) is 5.18. The van der Waals surface area contributed by atoms with Crippen LogP contribution in [-0.2, 0) is 4.79 Å². The highest BCUT2D eigenvalue weighted by molar-refractivity contribution is 5.71. The Morgan fingerprint density at radius 1 is 1.36 bits per heavy atom. The number of fused-ring (bicyclic) bond motifs is 2. The summed E-state index contributed by atoms with van der Waals surface area (Å²) in [6, 6.07) is 0.162. The molecule has 62 valence electrons. The Labute approximate surface area is 65.6 Å². The lowest BCUT2D eigenvalue weighted by Gasteiger charge is -2.23. The van der Waals surface area contributed by atoms with Gasteiger partial charge >= 0.3 is 5.97 Å². The van der Waals surface area contributed by atoms with Gasteiger partial charge in [0.2, 0.25) is 0 Å². The lowest BCUT2D eigenvalue weighted by molar-refractivity contribution is -0.143. The predicted octanol–water partition coefficient (Wildman–Crippen LogP) is 0.444. The average Bonchev–Trinajstić information content (AvgIpc) is 2.43. The van der Waals surface area contributed by atoms with E-state index in [1.165, 1.54) is 0 Å². The van der Waals surface area contributed by atoms with E-state index in [1.807, 2.05) is 0 Å². The number of nitrogens with two attached hydrogens (primary N) is 1. The zero-order valence-electron chi connectivity index (χ0n) is 6.36. The van der Waals surface area contributed by atoms with Gasteiger partial charge in [-0.15, -0.1) is 0 Å². The van der Waals surface area contributed by atoms with E-state index in [0.29, 0.717) is 5.92 Å². The lowest BCUT2D eigenvalue weighted by atomic mass is 9.86. The maximum atomic E-state index is 10.7. The zero-order chi connectivity index (χ0) is 8.01. The highest BCUT2D eigenvalue weighted by atomic mass is 16.4. The summed E-state index contributed by atoms with van der Waals surface area (Å²) in [6.07, 6.45) is 2.97. The van der Waals surface area contributed by atoms with Crippen LogP contribution >= 0.6 is 0 Å². The first-order valence-corrected chi connectivity index (χ1v) is 4.17. The van der Waals surface area contributed by atoms with Crippen molar-refractivity contribution in [2.45, 2.75) is 25.3 Å². The van der Waals surface area contributed by atoms with Crippen molar-refractivity contribution in [2.75, 3.05) is 0 Å². The molecule has 3 N–H and O–H groups in total. The monoisotopic (exact) mass is 155 g/mol. The molecule has 2 rings (SSSR count). The van der Waals surface area contributed by atoms with Crippen LogP contribution in [0, 0.1) is 17.8 Å². The molecule has 3 nitrogen and oxygen atoms in total. The standard InChI is InChI=1S/C8H13NO2/c9-7-3-4-1-5(7)6(2-4)8(10)11/h4-7H,1-3,9H2,(H,10,11)/t4-,5-,6+,7+/m1/s1. The van der Waals surface area contributed by atoms with Gasteiger partial charge in [0.25, 0.3) is 0 Å². The second kappa shape index (κ2) is 2.21. The molecule has 0 aromatic rings. The molecule has 11 heavy (non-hydrogen) atoms. The van der Waals surface area contributed by atoms with Gasteiger partial charge in [0.1, 0.15) is 0 Å². The van der Waals surface area contributed by atoms with Crippen LogP contribution in [0.3, 0.4) is 0 Å². The molecule has 0 aromatic carbocycles. The topological polar surface area (TPSA) is 63.3 Å². The highest BCUT2D eigenvalue weighted by Gasteiger charge is 2.47. The summed E-state index contributed by atoms with van der Waals surface area (Å²) < 4.78 is 0. The number of hydrogen-bond acceptors (Lipinski definition) is 2. The third-order valence-corrected chi connectivity index (χ3v) is 3.18. The third-order valence-electron chi connectivity index (χ3n) is 3.18. The van der Waals surface area contributed by atoms with Crippen LogP contribution in [-0.4, -0.2) is 17.1 Å². The van der Waals surface area contributed by atoms with Crippen LogP contribution in [0.4, 0.5) is 0 Å². The number of carbonyl (C=O) groups is 1. The summed E-state index contributed by atoms with van der Waals surface area (Å²) in [5.41, 5.74) is 5.78. The van der Waals surface area contributed by atoms with Crippen LogP contribution in [0.1, 0.15) is 19.3 Å². The fourth-order valence-corrected chi connectivity index (χ4v) is 2.69. The molecular formula is C8H13NO2. The van der Waals surface area contributed by atoms with Crippen LogP contribution < -0.4 is 5.73 Å². The molecule has 2 saturated carbocycles. The van der Waals surface area contributed by atoms with Crippen molar-refractivity contribution in [3.63, 3.8) is 0 Å². The smallest absolute Gasteiger partial charge is 0.306 e. The minimum atomic E-state index is -0.646. The molecule has 0 saturated heterocycles. The molecule has 2 bridgehead atoms. The van der Waals surface area contributed by atoms with E-state index < -0.39 is 5.97 Å². The average molecular weight is 155 g/mol. The Morgan fingerprint density at radius 3 is 2.45 bits per heavy atom. The second-order valence-electron chi connectivity index (χ2n) is 3.85. The number of hydrogen-bond donors (Lipinski definition) is 2. The van der Waals surface area contributed by atoms with Gasteiger partial charge in [-0.05, 0) is 31.1 Å². The lowest BCUT2D eigenvalue weighted by Crippen LogP contribution is -2.35. The van der Waals surface area contributed by atoms with Gasteiger partial charge < -0.3 is 10.8 Å². The summed E-state index contributed by atoms with van der Waals surface area (Å²) >= 11 is 0. The van der Waals surface area contributed by atoms with Crippen molar-refractivity contribution in [1.82, 2.24) is 0 Å². The minimum absolute atomic E-state index is 0.135. The van der Waals surface area contributed by atoms with Crippen LogP contribution in [0.25, 0.3) is 0 Å². The molecule has 0 heterocycles. The molecule has 4 atom stereocenters. The van der Waals surface area contributed by atoms with E-state index in [9.17, 15) is 4.79 Å². The summed E-state index contributed by atoms with van der Waals surface area (Å²) in [5, 5.41) is 8.80. The summed E-state index contributed by atoms with van der Waals surface area (Å²) in [6.45, 7) is 0. The van der Waals surface area contributed by atoms with Gasteiger partial charge in [0.15, 0.2) is 0 Å². The van der Waals surface area contributed by atoms with Gasteiger partial charge in [-0.25, -0.2) is 0 Å². The predicted molar refractivity (Wildman–Crippen MR) is 39.9 cm³/mol. The Morgan fingerprint density at radius 2 is 2.09 bits per heavy atom. The van der Waals surface area contributed by atoms with E-state index in [-0.39, 0.29) is 17.9 Å². The summed E-state index contributed by atoms with van der Waals surface area (Å²) in [7, 11) is 0. The van der Waals surface area contributed by atoms with Crippen LogP contribution in [0.5, 0.6) is 0 Å². The Balaban J connectivity index is 2.12. The molecule has 0 radical (unpaired) electrons. The van der Waals surface area contributed by atoms with E-state index in [1.54, 1.807) is 0 Å². The van der Waals surface area contributed by atoms with Gasteiger partial charge in [-0.3, -0.25) is 4.79 Å². The van der Waals surface area contributed by atoms with E-state index >= 15 is 0 Å². The second-order valence-corrected chi connectivity index (χ2v) is 3.85. The fourth-order valence-electron chi connectivity index (χ4n) is 2.69. The van der Waals surface area contributed by atoms with Crippen molar-refractivity contribution in [3.05, 3.63) is 0 Å². The molecule has 0 unspecified atom stereocenters. The molecule has 0 amide bonds. The first-order valence-electron chi connectivity index (χ1n) is 4.17. The van der Waals surface area contributed by atoms with Crippen molar-refractivity contribution in [2.24, 2.45) is 23.5 Å². The minimum Gasteiger partial charge on any atom is -0.481 e. The quantitative estimate of drug-likeness (QED) is 0.577. The molecular weight excluding hydrogens is 142 g/mol. The molecule has 2 fully saturated rings. The number of carboxylic acid groups (broad SMARTS) is 1. The van der Waals surface area contributed by atoms with Crippen molar-refractivity contribution in [3.8, 4) is 0 Å². The van der Waals surface area contributed by atoms with Crippen molar-refractivity contribution >= 4 is 5.97 Å². The van der Waals surface area contributed by atoms with E-state index in [2.05, 4.69) is 0 Å². The maximum Gasteiger partial charge on any atom is 0.306 e. The SMILES string of the molecule is N[C@H]1C[C@@H]2C[C@@H]1[C@@H](C(=O)O)C2. The maximum absolute atomic E-state index is 10.7. The van der Waals surface area contributed by atoms with E-state index in [0.717, 1.165) is 19.3 Å². The molecule has 0 spiro atoms. The van der Waals surface area contributed by atoms with Crippen molar-refractivity contribution in [1.29, 1.82) is 0 Å². The first kappa shape index (κ1) is 7.10. The van der Waals surface area contributed by atoms with Crippen molar-refractivity contribution < 1.29 is 9.90 Å². The summed E-state index contributed by atoms with van der Waals surface area (Å²) in [5.74, 6) is 0.102. The summed E-state index contributed by atoms with van der Waals surface area (Å²) in [4.78, 5) is 10.7. The van der Waals surface area contributed by atoms with Gasteiger partial charge in [-0.1, -0.05) is 0 Å².